The number of carbonyl (C=O) groups excluding carboxylic acids is 1. The van der Waals surface area contributed by atoms with Gasteiger partial charge in [0.25, 0.3) is 0 Å². The first-order valence-electron chi connectivity index (χ1n) is 6.41. The van der Waals surface area contributed by atoms with E-state index >= 15 is 0 Å². The van der Waals surface area contributed by atoms with E-state index in [0.717, 1.165) is 6.42 Å². The van der Waals surface area contributed by atoms with Crippen LogP contribution in [0, 0.1) is 5.41 Å². The molecule has 1 aliphatic heterocycles. The lowest BCUT2D eigenvalue weighted by molar-refractivity contribution is -0.140. The van der Waals surface area contributed by atoms with E-state index in [1.807, 2.05) is 20.8 Å². The summed E-state index contributed by atoms with van der Waals surface area (Å²) in [6.45, 7) is 7.57. The zero-order chi connectivity index (χ0) is 13.8. The molecule has 1 aliphatic rings. The fourth-order valence-electron chi connectivity index (χ4n) is 2.21. The average molecular weight is 257 g/mol. The van der Waals surface area contributed by atoms with Gasteiger partial charge in [0.2, 0.25) is 5.91 Å². The van der Waals surface area contributed by atoms with E-state index < -0.39 is 11.4 Å². The van der Waals surface area contributed by atoms with Crippen LogP contribution >= 0.6 is 0 Å². The average Bonchev–Trinajstić information content (AvgIpc) is 2.39. The third-order valence-corrected chi connectivity index (χ3v) is 3.06. The number of amides is 1. The molecule has 1 amide bonds. The summed E-state index contributed by atoms with van der Waals surface area (Å²) in [5, 5.41) is 8.81. The lowest BCUT2D eigenvalue weighted by Gasteiger charge is -2.28. The van der Waals surface area contributed by atoms with E-state index in [0.29, 0.717) is 19.7 Å². The molecule has 1 N–H and O–H groups in total. The van der Waals surface area contributed by atoms with Gasteiger partial charge in [0.15, 0.2) is 0 Å². The Labute approximate surface area is 108 Å². The predicted molar refractivity (Wildman–Crippen MR) is 67.3 cm³/mol. The molecule has 1 unspecified atom stereocenters. The number of nitrogens with zero attached hydrogens (tertiary/aromatic N) is 1. The minimum absolute atomic E-state index is 0.0125. The highest BCUT2D eigenvalue weighted by Gasteiger charge is 2.28. The fourth-order valence-corrected chi connectivity index (χ4v) is 2.21. The second kappa shape index (κ2) is 6.18. The van der Waals surface area contributed by atoms with Gasteiger partial charge in [-0.2, -0.15) is 0 Å². The molecule has 18 heavy (non-hydrogen) atoms. The first-order valence-corrected chi connectivity index (χ1v) is 6.41. The smallest absolute Gasteiger partial charge is 0.303 e. The number of hydrogen-bond acceptors (Lipinski definition) is 3. The van der Waals surface area contributed by atoms with Crippen LogP contribution in [0.4, 0.5) is 0 Å². The van der Waals surface area contributed by atoms with Gasteiger partial charge in [-0.3, -0.25) is 9.59 Å². The molecule has 0 saturated carbocycles. The standard InChI is InChI=1S/C13H23NO4/c1-10-9-14(5-4-6-18-10)11(15)7-13(2,3)8-12(16)17/h10H,4-9H2,1-3H3,(H,16,17). The van der Waals surface area contributed by atoms with E-state index in [2.05, 4.69) is 0 Å². The van der Waals surface area contributed by atoms with Crippen molar-refractivity contribution in [1.29, 1.82) is 0 Å². The zero-order valence-electron chi connectivity index (χ0n) is 11.4. The Morgan fingerprint density at radius 1 is 1.39 bits per heavy atom. The van der Waals surface area contributed by atoms with Crippen molar-refractivity contribution in [1.82, 2.24) is 4.90 Å². The first kappa shape index (κ1) is 15.0. The van der Waals surface area contributed by atoms with Crippen molar-refractivity contribution < 1.29 is 19.4 Å². The van der Waals surface area contributed by atoms with Crippen molar-refractivity contribution in [3.63, 3.8) is 0 Å². The second-order valence-corrected chi connectivity index (χ2v) is 5.79. The molecular weight excluding hydrogens is 234 g/mol. The third-order valence-electron chi connectivity index (χ3n) is 3.06. The molecule has 1 saturated heterocycles. The molecular formula is C13H23NO4. The fraction of sp³-hybridized carbons (Fsp3) is 0.846. The Kier molecular flexibility index (Phi) is 5.14. The molecule has 0 aromatic heterocycles. The zero-order valence-corrected chi connectivity index (χ0v) is 11.4. The van der Waals surface area contributed by atoms with Crippen LogP contribution < -0.4 is 0 Å². The largest absolute Gasteiger partial charge is 0.481 e. The van der Waals surface area contributed by atoms with Crippen molar-refractivity contribution in [2.45, 2.75) is 46.1 Å². The van der Waals surface area contributed by atoms with Crippen LogP contribution in [0.15, 0.2) is 0 Å². The second-order valence-electron chi connectivity index (χ2n) is 5.79. The molecule has 1 heterocycles. The maximum Gasteiger partial charge on any atom is 0.303 e. The summed E-state index contributed by atoms with van der Waals surface area (Å²) in [5.74, 6) is -0.834. The third kappa shape index (κ3) is 5.04. The van der Waals surface area contributed by atoms with Crippen LogP contribution in [-0.4, -0.2) is 47.7 Å². The number of ether oxygens (including phenoxy) is 1. The molecule has 1 rings (SSSR count). The summed E-state index contributed by atoms with van der Waals surface area (Å²) in [7, 11) is 0. The number of carboxylic acids is 1. The molecule has 0 radical (unpaired) electrons. The van der Waals surface area contributed by atoms with Gasteiger partial charge in [0.1, 0.15) is 0 Å². The molecule has 0 spiro atoms. The van der Waals surface area contributed by atoms with E-state index in [4.69, 9.17) is 9.84 Å². The van der Waals surface area contributed by atoms with Gasteiger partial charge in [0.05, 0.1) is 12.5 Å². The van der Waals surface area contributed by atoms with Crippen molar-refractivity contribution in [2.24, 2.45) is 5.41 Å². The molecule has 0 bridgehead atoms. The molecule has 0 aromatic carbocycles. The SMILES string of the molecule is CC1CN(C(=O)CC(C)(C)CC(=O)O)CCCO1. The van der Waals surface area contributed by atoms with E-state index in [1.165, 1.54) is 0 Å². The summed E-state index contributed by atoms with van der Waals surface area (Å²) in [6.07, 6.45) is 1.18. The number of hydrogen-bond donors (Lipinski definition) is 1. The predicted octanol–water partition coefficient (Wildman–Crippen LogP) is 1.51. The summed E-state index contributed by atoms with van der Waals surface area (Å²) in [5.41, 5.74) is -0.501. The van der Waals surface area contributed by atoms with Crippen molar-refractivity contribution in [3.05, 3.63) is 0 Å². The molecule has 0 aliphatic carbocycles. The highest BCUT2D eigenvalue weighted by Crippen LogP contribution is 2.26. The number of rotatable bonds is 4. The lowest BCUT2D eigenvalue weighted by Crippen LogP contribution is -2.38. The van der Waals surface area contributed by atoms with Gasteiger partial charge in [-0.1, -0.05) is 13.8 Å². The van der Waals surface area contributed by atoms with E-state index in [1.54, 1.807) is 4.90 Å². The van der Waals surface area contributed by atoms with Crippen molar-refractivity contribution in [2.75, 3.05) is 19.7 Å². The molecule has 1 fully saturated rings. The maximum absolute atomic E-state index is 12.2. The van der Waals surface area contributed by atoms with Crippen LogP contribution in [0.25, 0.3) is 0 Å². The Hall–Kier alpha value is -1.10. The number of aliphatic carboxylic acids is 1. The highest BCUT2D eigenvalue weighted by atomic mass is 16.5. The summed E-state index contributed by atoms with van der Waals surface area (Å²) in [6, 6.07) is 0. The van der Waals surface area contributed by atoms with Gasteiger partial charge >= 0.3 is 5.97 Å². The maximum atomic E-state index is 12.2. The van der Waals surface area contributed by atoms with Crippen molar-refractivity contribution >= 4 is 11.9 Å². The quantitative estimate of drug-likeness (QED) is 0.829. The molecule has 5 nitrogen and oxygen atoms in total. The Bertz CT molecular complexity index is 314. The van der Waals surface area contributed by atoms with E-state index in [-0.39, 0.29) is 24.9 Å². The topological polar surface area (TPSA) is 66.8 Å². The van der Waals surface area contributed by atoms with Gasteiger partial charge in [0, 0.05) is 26.1 Å². The van der Waals surface area contributed by atoms with Crippen LogP contribution in [0.5, 0.6) is 0 Å². The summed E-state index contributed by atoms with van der Waals surface area (Å²) in [4.78, 5) is 24.7. The molecule has 5 heteroatoms. The van der Waals surface area contributed by atoms with E-state index in [9.17, 15) is 9.59 Å². The summed E-state index contributed by atoms with van der Waals surface area (Å²) < 4.78 is 5.49. The van der Waals surface area contributed by atoms with Crippen LogP contribution in [0.3, 0.4) is 0 Å². The van der Waals surface area contributed by atoms with Crippen LogP contribution in [-0.2, 0) is 14.3 Å². The van der Waals surface area contributed by atoms with Crippen molar-refractivity contribution in [3.8, 4) is 0 Å². The van der Waals surface area contributed by atoms with Gasteiger partial charge < -0.3 is 14.7 Å². The van der Waals surface area contributed by atoms with Gasteiger partial charge in [-0.15, -0.1) is 0 Å². The van der Waals surface area contributed by atoms with Crippen LogP contribution in [0.2, 0.25) is 0 Å². The first-order chi connectivity index (χ1) is 8.30. The van der Waals surface area contributed by atoms with Gasteiger partial charge in [-0.25, -0.2) is 0 Å². The van der Waals surface area contributed by atoms with Gasteiger partial charge in [-0.05, 0) is 18.8 Å². The Morgan fingerprint density at radius 2 is 2.06 bits per heavy atom. The monoisotopic (exact) mass is 257 g/mol. The number of carboxylic acid groups (broad SMARTS) is 1. The summed E-state index contributed by atoms with van der Waals surface area (Å²) >= 11 is 0. The minimum atomic E-state index is -0.861. The normalized spacial score (nSPS) is 21.5. The molecule has 104 valence electrons. The lowest BCUT2D eigenvalue weighted by atomic mass is 9.85. The van der Waals surface area contributed by atoms with Crippen LogP contribution in [0.1, 0.15) is 40.0 Å². The minimum Gasteiger partial charge on any atom is -0.481 e. The Balaban J connectivity index is 2.55. The molecule has 1 atom stereocenters. The number of carbonyl (C=O) groups is 2. The molecule has 0 aromatic rings. The Morgan fingerprint density at radius 3 is 2.67 bits per heavy atom. The highest BCUT2D eigenvalue weighted by molar-refractivity contribution is 5.78.